The topological polar surface area (TPSA) is 54.5 Å². The van der Waals surface area contributed by atoms with E-state index in [2.05, 4.69) is 43.5 Å². The van der Waals surface area contributed by atoms with Gasteiger partial charge in [0.25, 0.3) is 0 Å². The van der Waals surface area contributed by atoms with E-state index in [1.807, 2.05) is 0 Å². The molecule has 0 atom stereocenters. The second kappa shape index (κ2) is 8.55. The summed E-state index contributed by atoms with van der Waals surface area (Å²) < 4.78 is 0. The van der Waals surface area contributed by atoms with E-state index in [1.165, 1.54) is 19.2 Å². The molecule has 10 heavy (non-hydrogen) atoms. The third-order valence-electron chi connectivity index (χ3n) is 0.757. The van der Waals surface area contributed by atoms with Crippen molar-refractivity contribution in [2.45, 2.75) is 19.8 Å². The van der Waals surface area contributed by atoms with Crippen LogP contribution in [0.25, 0.3) is 0 Å². The molecule has 0 aromatic carbocycles. The van der Waals surface area contributed by atoms with Gasteiger partial charge in [-0.3, -0.25) is 0 Å². The lowest BCUT2D eigenvalue weighted by molar-refractivity contribution is 0.881. The SMILES string of the molecule is CCCCBr.c1nn[nH]n1. The van der Waals surface area contributed by atoms with Gasteiger partial charge in [0.15, 0.2) is 6.33 Å². The minimum atomic E-state index is 1.16. The van der Waals surface area contributed by atoms with Crippen molar-refractivity contribution in [1.82, 2.24) is 20.6 Å². The number of aromatic nitrogens is 4. The van der Waals surface area contributed by atoms with Crippen molar-refractivity contribution in [3.8, 4) is 0 Å². The number of unbranched alkanes of at least 4 members (excludes halogenated alkanes) is 1. The molecule has 4 nitrogen and oxygen atoms in total. The molecule has 0 bridgehead atoms. The number of aromatic amines is 1. The number of hydrogen-bond acceptors (Lipinski definition) is 3. The Balaban J connectivity index is 0.000000162. The summed E-state index contributed by atoms with van der Waals surface area (Å²) >= 11 is 3.31. The maximum atomic E-state index is 3.38. The Kier molecular flexibility index (Phi) is 8.17. The fourth-order valence-corrected chi connectivity index (χ4v) is 0.823. The van der Waals surface area contributed by atoms with E-state index in [0.29, 0.717) is 0 Å². The highest BCUT2D eigenvalue weighted by atomic mass is 79.9. The molecule has 0 fully saturated rings. The van der Waals surface area contributed by atoms with Crippen LogP contribution < -0.4 is 0 Å². The maximum absolute atomic E-state index is 3.38. The van der Waals surface area contributed by atoms with E-state index in [4.69, 9.17) is 0 Å². The first-order chi connectivity index (χ1) is 4.91. The second-order valence-corrected chi connectivity index (χ2v) is 2.40. The minimum Gasteiger partial charge on any atom is -0.177 e. The van der Waals surface area contributed by atoms with E-state index in [-0.39, 0.29) is 0 Å². The average Bonchev–Trinajstić information content (AvgIpc) is 2.44. The third kappa shape index (κ3) is 7.55. The molecular formula is C5H11BrN4. The fourth-order valence-electron chi connectivity index (χ4n) is 0.263. The number of alkyl halides is 1. The van der Waals surface area contributed by atoms with Crippen LogP contribution in [0.4, 0.5) is 0 Å². The molecule has 0 unspecified atom stereocenters. The van der Waals surface area contributed by atoms with E-state index >= 15 is 0 Å². The molecule has 0 aliphatic heterocycles. The predicted octanol–water partition coefficient (Wildman–Crippen LogP) is 1.38. The van der Waals surface area contributed by atoms with Crippen LogP contribution in [0.5, 0.6) is 0 Å². The van der Waals surface area contributed by atoms with E-state index in [9.17, 15) is 0 Å². The van der Waals surface area contributed by atoms with Crippen molar-refractivity contribution in [3.05, 3.63) is 6.33 Å². The molecule has 0 aliphatic carbocycles. The first-order valence-electron chi connectivity index (χ1n) is 3.14. The van der Waals surface area contributed by atoms with Gasteiger partial charge in [-0.15, -0.1) is 10.2 Å². The normalized spacial score (nSPS) is 8.20. The summed E-state index contributed by atoms with van der Waals surface area (Å²) in [6, 6.07) is 0. The Bertz CT molecular complexity index is 100.0. The van der Waals surface area contributed by atoms with Gasteiger partial charge in [0.1, 0.15) is 0 Å². The number of H-pyrrole nitrogens is 1. The van der Waals surface area contributed by atoms with Gasteiger partial charge in [-0.25, -0.2) is 0 Å². The van der Waals surface area contributed by atoms with E-state index < -0.39 is 0 Å². The maximum Gasteiger partial charge on any atom is 0.161 e. The van der Waals surface area contributed by atoms with Crippen LogP contribution in [0.3, 0.4) is 0 Å². The zero-order valence-corrected chi connectivity index (χ0v) is 7.50. The lowest BCUT2D eigenvalue weighted by atomic mass is 10.4. The highest BCUT2D eigenvalue weighted by Crippen LogP contribution is 1.89. The summed E-state index contributed by atoms with van der Waals surface area (Å²) in [5.74, 6) is 0. The molecule has 1 aromatic rings. The van der Waals surface area contributed by atoms with E-state index in [0.717, 1.165) is 5.33 Å². The monoisotopic (exact) mass is 206 g/mol. The van der Waals surface area contributed by atoms with Crippen LogP contribution >= 0.6 is 15.9 Å². The highest BCUT2D eigenvalue weighted by Gasteiger charge is 1.69. The van der Waals surface area contributed by atoms with Crippen LogP contribution in [-0.2, 0) is 0 Å². The molecule has 0 aliphatic rings. The summed E-state index contributed by atoms with van der Waals surface area (Å²) in [5, 5.41) is 13.3. The minimum absolute atomic E-state index is 1.16. The Labute approximate surface area is 68.5 Å². The molecule has 0 radical (unpaired) electrons. The number of rotatable bonds is 2. The molecule has 5 heteroatoms. The fraction of sp³-hybridized carbons (Fsp3) is 0.800. The summed E-state index contributed by atoms with van der Waals surface area (Å²) in [7, 11) is 0. The molecule has 0 spiro atoms. The predicted molar refractivity (Wildman–Crippen MR) is 42.9 cm³/mol. The van der Waals surface area contributed by atoms with Crippen molar-refractivity contribution in [3.63, 3.8) is 0 Å². The zero-order valence-electron chi connectivity index (χ0n) is 5.92. The lowest BCUT2D eigenvalue weighted by Gasteiger charge is -1.77. The second-order valence-electron chi connectivity index (χ2n) is 1.60. The Morgan fingerprint density at radius 1 is 1.60 bits per heavy atom. The molecule has 1 heterocycles. The van der Waals surface area contributed by atoms with Gasteiger partial charge in [-0.05, 0) is 6.42 Å². The molecule has 1 rings (SSSR count). The first-order valence-corrected chi connectivity index (χ1v) is 4.26. The van der Waals surface area contributed by atoms with Gasteiger partial charge < -0.3 is 0 Å². The standard InChI is InChI=1S/C4H9Br.CH2N4/c1-2-3-4-5;1-2-4-5-3-1/h2-4H2,1H3;1H,(H,2,3,4,5). The smallest absolute Gasteiger partial charge is 0.161 e. The van der Waals surface area contributed by atoms with Crippen LogP contribution in [0, 0.1) is 0 Å². The van der Waals surface area contributed by atoms with Gasteiger partial charge in [0, 0.05) is 5.33 Å². The molecule has 0 saturated heterocycles. The van der Waals surface area contributed by atoms with Crippen molar-refractivity contribution in [1.29, 1.82) is 0 Å². The number of halogens is 1. The quantitative estimate of drug-likeness (QED) is 0.745. The average molecular weight is 207 g/mol. The third-order valence-corrected chi connectivity index (χ3v) is 1.32. The van der Waals surface area contributed by atoms with Crippen LogP contribution in [0.1, 0.15) is 19.8 Å². The van der Waals surface area contributed by atoms with Gasteiger partial charge >= 0.3 is 0 Å². The number of nitrogens with one attached hydrogen (secondary N) is 1. The van der Waals surface area contributed by atoms with Crippen molar-refractivity contribution < 1.29 is 0 Å². The van der Waals surface area contributed by atoms with Gasteiger partial charge in [0.05, 0.1) is 0 Å². The Morgan fingerprint density at radius 3 is 2.50 bits per heavy atom. The van der Waals surface area contributed by atoms with Crippen LogP contribution in [0.2, 0.25) is 0 Å². The summed E-state index contributed by atoms with van der Waals surface area (Å²) in [6.45, 7) is 2.18. The van der Waals surface area contributed by atoms with Crippen LogP contribution in [0.15, 0.2) is 6.33 Å². The Hall–Kier alpha value is -0.450. The summed E-state index contributed by atoms with van der Waals surface area (Å²) in [6.07, 6.45) is 3.94. The lowest BCUT2D eigenvalue weighted by Crippen LogP contribution is -1.64. The molecule has 58 valence electrons. The number of hydrogen-bond donors (Lipinski definition) is 1. The van der Waals surface area contributed by atoms with Crippen molar-refractivity contribution in [2.24, 2.45) is 0 Å². The van der Waals surface area contributed by atoms with Crippen molar-refractivity contribution >= 4 is 15.9 Å². The molecular weight excluding hydrogens is 196 g/mol. The largest absolute Gasteiger partial charge is 0.177 e. The van der Waals surface area contributed by atoms with Gasteiger partial charge in [-0.1, -0.05) is 34.5 Å². The Morgan fingerprint density at radius 2 is 2.40 bits per heavy atom. The van der Waals surface area contributed by atoms with Gasteiger partial charge in [-0.2, -0.15) is 5.21 Å². The molecule has 1 N–H and O–H groups in total. The summed E-state index contributed by atoms with van der Waals surface area (Å²) in [5.41, 5.74) is 0. The zero-order chi connectivity index (χ0) is 7.66. The highest BCUT2D eigenvalue weighted by molar-refractivity contribution is 9.09. The van der Waals surface area contributed by atoms with E-state index in [1.54, 1.807) is 0 Å². The first kappa shape index (κ1) is 9.55. The number of nitrogens with zero attached hydrogens (tertiary/aromatic N) is 3. The molecule has 1 aromatic heterocycles. The molecule has 0 amide bonds. The van der Waals surface area contributed by atoms with Crippen LogP contribution in [-0.4, -0.2) is 26.0 Å². The van der Waals surface area contributed by atoms with Gasteiger partial charge in [0.2, 0.25) is 0 Å². The summed E-state index contributed by atoms with van der Waals surface area (Å²) in [4.78, 5) is 0. The molecule has 0 saturated carbocycles. The van der Waals surface area contributed by atoms with Crippen molar-refractivity contribution in [2.75, 3.05) is 5.33 Å². The number of tetrazole rings is 1.